The van der Waals surface area contributed by atoms with E-state index in [0.29, 0.717) is 37.8 Å². The van der Waals surface area contributed by atoms with Crippen molar-refractivity contribution in [1.29, 1.82) is 0 Å². The van der Waals surface area contributed by atoms with Gasteiger partial charge < -0.3 is 14.1 Å². The molecule has 180 valence electrons. The molecule has 0 spiro atoms. The minimum absolute atomic E-state index is 0.00599. The Hall–Kier alpha value is -2.04. The van der Waals surface area contributed by atoms with Crippen molar-refractivity contribution in [2.24, 2.45) is 4.36 Å². The van der Waals surface area contributed by atoms with Crippen molar-refractivity contribution in [2.45, 2.75) is 30.7 Å². The molecular formula is C24H27ClFN4O3S+. The lowest BCUT2D eigenvalue weighted by Gasteiger charge is -2.43. The van der Waals surface area contributed by atoms with Crippen molar-refractivity contribution >= 4 is 33.5 Å². The SMILES string of the molecule is CC12[C@@H]3C[N+]1(C)[C@H]2CN3S(=O)(F)=Nc1ccc(C(=O)N2CCO[C@@H](c3ccccc3)C2)c(Cl)c1. The van der Waals surface area contributed by atoms with Crippen LogP contribution >= 0.6 is 11.6 Å². The summed E-state index contributed by atoms with van der Waals surface area (Å²) in [6, 6.07) is 14.5. The standard InChI is InChI=1S/C24H27ClFN4O3S/c1-24-21-15-30(24,2)22(24)14-29(21)34(26,32)27-17-8-9-18(19(25)12-17)23(31)28-10-11-33-20(13-28)16-6-4-3-5-7-16/h3-9,12,20-22H,10-11,13-15H2,1-2H3/q+1/t20-,21+,22+,24?,30?,34?/m1/s1. The van der Waals surface area contributed by atoms with E-state index >= 15 is 3.89 Å². The van der Waals surface area contributed by atoms with Gasteiger partial charge in [0.2, 0.25) is 0 Å². The van der Waals surface area contributed by atoms with Gasteiger partial charge in [0.25, 0.3) is 16.2 Å². The van der Waals surface area contributed by atoms with E-state index in [1.165, 1.54) is 22.5 Å². The fourth-order valence-corrected chi connectivity index (χ4v) is 7.96. The summed E-state index contributed by atoms with van der Waals surface area (Å²) in [6.45, 7) is 4.67. The maximum atomic E-state index is 15.3. The monoisotopic (exact) mass is 505 g/mol. The molecule has 4 aliphatic rings. The maximum absolute atomic E-state index is 15.3. The molecule has 3 unspecified atom stereocenters. The largest absolute Gasteiger partial charge is 0.370 e. The van der Waals surface area contributed by atoms with Gasteiger partial charge in [0.05, 0.1) is 43.0 Å². The highest BCUT2D eigenvalue weighted by Crippen LogP contribution is 2.66. The summed E-state index contributed by atoms with van der Waals surface area (Å²) in [7, 11) is -1.90. The first kappa shape index (κ1) is 22.4. The van der Waals surface area contributed by atoms with Crippen molar-refractivity contribution in [3.63, 3.8) is 0 Å². The van der Waals surface area contributed by atoms with Gasteiger partial charge >= 0.3 is 0 Å². The van der Waals surface area contributed by atoms with E-state index in [2.05, 4.69) is 18.3 Å². The average molecular weight is 506 g/mol. The van der Waals surface area contributed by atoms with E-state index in [0.717, 1.165) is 16.6 Å². The predicted molar refractivity (Wildman–Crippen MR) is 128 cm³/mol. The molecule has 6 atom stereocenters. The number of carbonyl (C=O) groups excluding carboxylic acids is 1. The number of morpholine rings is 1. The number of halogens is 2. The molecule has 0 saturated carbocycles. The van der Waals surface area contributed by atoms with Crippen molar-refractivity contribution < 1.29 is 22.1 Å². The van der Waals surface area contributed by atoms with Crippen molar-refractivity contribution in [2.75, 3.05) is 39.8 Å². The van der Waals surface area contributed by atoms with E-state index in [1.807, 2.05) is 30.3 Å². The maximum Gasteiger partial charge on any atom is 0.276 e. The van der Waals surface area contributed by atoms with Gasteiger partial charge in [-0.15, -0.1) is 3.89 Å². The van der Waals surface area contributed by atoms with Crippen LogP contribution in [0.1, 0.15) is 28.9 Å². The molecule has 10 heteroatoms. The predicted octanol–water partition coefficient (Wildman–Crippen LogP) is 3.74. The topological polar surface area (TPSA) is 62.2 Å². The number of quaternary nitrogens is 1. The van der Waals surface area contributed by atoms with Crippen LogP contribution in [-0.4, -0.2) is 81.3 Å². The van der Waals surface area contributed by atoms with Crippen LogP contribution in [0.25, 0.3) is 0 Å². The number of piperazine rings is 2. The number of carbonyl (C=O) groups is 1. The highest BCUT2D eigenvalue weighted by molar-refractivity contribution is 7.86. The summed E-state index contributed by atoms with van der Waals surface area (Å²) in [6.07, 6.45) is -0.205. The van der Waals surface area contributed by atoms with E-state index in [4.69, 9.17) is 16.3 Å². The zero-order valence-corrected chi connectivity index (χ0v) is 20.6. The Morgan fingerprint density at radius 2 is 2.03 bits per heavy atom. The number of likely N-dealkylation sites (N-methyl/N-ethyl adjacent to an activating group) is 1. The smallest absolute Gasteiger partial charge is 0.276 e. The first-order chi connectivity index (χ1) is 16.1. The van der Waals surface area contributed by atoms with Crippen molar-refractivity contribution in [3.8, 4) is 0 Å². The lowest BCUT2D eigenvalue weighted by atomic mass is 9.95. The number of amides is 1. The summed E-state index contributed by atoms with van der Waals surface area (Å²) >= 11 is 6.42. The van der Waals surface area contributed by atoms with Gasteiger partial charge in [-0.05, 0) is 30.7 Å². The molecule has 0 N–H and O–H groups in total. The molecule has 1 amide bonds. The summed E-state index contributed by atoms with van der Waals surface area (Å²) in [5.41, 5.74) is 1.48. The zero-order valence-electron chi connectivity index (χ0n) is 19.1. The fourth-order valence-electron chi connectivity index (χ4n) is 6.30. The van der Waals surface area contributed by atoms with E-state index in [9.17, 15) is 9.00 Å². The summed E-state index contributed by atoms with van der Waals surface area (Å²) in [4.78, 5) is 14.9. The Labute approximate surface area is 204 Å². The third-order valence-electron chi connectivity index (χ3n) is 8.54. The van der Waals surface area contributed by atoms with Crippen LogP contribution in [-0.2, 0) is 15.0 Å². The van der Waals surface area contributed by atoms with Gasteiger partial charge in [-0.3, -0.25) is 4.79 Å². The molecular weight excluding hydrogens is 479 g/mol. The number of hydrogen-bond donors (Lipinski definition) is 0. The van der Waals surface area contributed by atoms with Crippen LogP contribution in [0.5, 0.6) is 0 Å². The summed E-state index contributed by atoms with van der Waals surface area (Å²) in [5, 5.41) is 0.160. The molecule has 0 aliphatic carbocycles. The minimum Gasteiger partial charge on any atom is -0.370 e. The first-order valence-electron chi connectivity index (χ1n) is 11.5. The van der Waals surface area contributed by atoms with Crippen LogP contribution < -0.4 is 0 Å². The molecule has 4 heterocycles. The highest BCUT2D eigenvalue weighted by atomic mass is 35.5. The van der Waals surface area contributed by atoms with E-state index in [1.54, 1.807) is 4.90 Å². The molecule has 4 aliphatic heterocycles. The van der Waals surface area contributed by atoms with Crippen LogP contribution in [0.3, 0.4) is 0 Å². The van der Waals surface area contributed by atoms with Crippen LogP contribution in [0.15, 0.2) is 52.9 Å². The van der Waals surface area contributed by atoms with Crippen LogP contribution in [0.4, 0.5) is 9.57 Å². The van der Waals surface area contributed by atoms with Gasteiger partial charge in [-0.2, -0.15) is 12.9 Å². The number of rotatable bonds is 4. The van der Waals surface area contributed by atoms with Gasteiger partial charge in [0, 0.05) is 6.54 Å². The van der Waals surface area contributed by atoms with Gasteiger partial charge in [-0.25, -0.2) is 0 Å². The zero-order chi connectivity index (χ0) is 23.9. The number of ether oxygens (including phenoxy) is 1. The molecule has 6 rings (SSSR count). The molecule has 4 saturated heterocycles. The van der Waals surface area contributed by atoms with Gasteiger partial charge in [0.1, 0.15) is 18.7 Å². The van der Waals surface area contributed by atoms with Gasteiger partial charge in [0.15, 0.2) is 11.6 Å². The Bertz CT molecular complexity index is 1300. The van der Waals surface area contributed by atoms with E-state index < -0.39 is 10.3 Å². The molecule has 0 aromatic heterocycles. The first-order valence-corrected chi connectivity index (χ1v) is 13.2. The number of benzene rings is 2. The molecule has 7 nitrogen and oxygen atoms in total. The van der Waals surface area contributed by atoms with Gasteiger partial charge in [-0.1, -0.05) is 41.9 Å². The van der Waals surface area contributed by atoms with E-state index in [-0.39, 0.29) is 34.3 Å². The lowest BCUT2D eigenvalue weighted by Crippen LogP contribution is -2.65. The third kappa shape index (κ3) is 3.10. The molecule has 0 bridgehead atoms. The second-order valence-corrected chi connectivity index (χ2v) is 11.9. The number of fused-ring (bicyclic) bond motifs is 1. The number of nitrogens with zero attached hydrogens (tertiary/aromatic N) is 4. The normalized spacial score (nSPS) is 35.8. The molecule has 34 heavy (non-hydrogen) atoms. The van der Waals surface area contributed by atoms with Crippen LogP contribution in [0.2, 0.25) is 5.02 Å². The Morgan fingerprint density at radius 3 is 2.68 bits per heavy atom. The quantitative estimate of drug-likeness (QED) is 0.361. The average Bonchev–Trinajstić information content (AvgIpc) is 3.03. The third-order valence-corrected chi connectivity index (χ3v) is 10.3. The molecule has 0 radical (unpaired) electrons. The Kier molecular flexibility index (Phi) is 4.93. The summed E-state index contributed by atoms with van der Waals surface area (Å²) in [5.74, 6) is -0.221. The molecule has 4 fully saturated rings. The Balaban J connectivity index is 1.19. The highest BCUT2D eigenvalue weighted by Gasteiger charge is 2.92. The second-order valence-electron chi connectivity index (χ2n) is 10.0. The minimum atomic E-state index is -4.07. The fraction of sp³-hybridized carbons (Fsp3) is 0.458. The molecule has 2 aromatic rings. The van der Waals surface area contributed by atoms with Crippen molar-refractivity contribution in [1.82, 2.24) is 9.21 Å². The Morgan fingerprint density at radius 1 is 1.26 bits per heavy atom. The van der Waals surface area contributed by atoms with Crippen LogP contribution in [0, 0.1) is 0 Å². The van der Waals surface area contributed by atoms with Crippen molar-refractivity contribution in [3.05, 3.63) is 64.7 Å². The number of hydrogen-bond acceptors (Lipinski definition) is 4. The molecule has 2 aromatic carbocycles. The lowest BCUT2D eigenvalue weighted by molar-refractivity contribution is -0.868. The second kappa shape index (κ2) is 7.48. The summed E-state index contributed by atoms with van der Waals surface area (Å²) < 4.78 is 40.3.